The van der Waals surface area contributed by atoms with Gasteiger partial charge in [0.25, 0.3) is 0 Å². The number of nitrogens with zero attached hydrogens (tertiary/aromatic N) is 1. The van der Waals surface area contributed by atoms with Crippen LogP contribution in [0.4, 0.5) is 0 Å². The molecule has 3 nitrogen and oxygen atoms in total. The molecular formula is C28H36ClNO2S. The molecule has 0 spiro atoms. The first-order chi connectivity index (χ1) is 15.9. The number of sulfonamides is 1. The number of benzene rings is 2. The summed E-state index contributed by atoms with van der Waals surface area (Å²) in [7, 11) is -3.60. The highest BCUT2D eigenvalue weighted by Crippen LogP contribution is 2.40. The molecule has 0 amide bonds. The van der Waals surface area contributed by atoms with E-state index in [-0.39, 0.29) is 11.3 Å². The third-order valence-electron chi connectivity index (χ3n) is 6.33. The highest BCUT2D eigenvalue weighted by atomic mass is 35.5. The second-order valence-corrected chi connectivity index (χ2v) is 11.4. The zero-order chi connectivity index (χ0) is 23.8. The lowest BCUT2D eigenvalue weighted by atomic mass is 9.93. The van der Waals surface area contributed by atoms with E-state index >= 15 is 0 Å². The lowest BCUT2D eigenvalue weighted by molar-refractivity contribution is 0.453. The van der Waals surface area contributed by atoms with Gasteiger partial charge in [0.05, 0.1) is 10.3 Å². The van der Waals surface area contributed by atoms with E-state index in [1.807, 2.05) is 49.4 Å². The molecule has 0 saturated carbocycles. The zero-order valence-corrected chi connectivity index (χ0v) is 21.6. The number of hydrogen-bond acceptors (Lipinski definition) is 2. The Morgan fingerprint density at radius 1 is 1.03 bits per heavy atom. The second-order valence-electron chi connectivity index (χ2n) is 8.99. The maximum Gasteiger partial charge on any atom is 0.243 e. The molecule has 1 aliphatic rings. The van der Waals surface area contributed by atoms with E-state index in [0.717, 1.165) is 55.2 Å². The summed E-state index contributed by atoms with van der Waals surface area (Å²) in [6.07, 6.45) is 6.53. The van der Waals surface area contributed by atoms with E-state index in [4.69, 9.17) is 11.6 Å². The normalized spacial score (nSPS) is 17.7. The number of alkyl halides is 1. The van der Waals surface area contributed by atoms with Crippen LogP contribution in [-0.2, 0) is 10.0 Å². The minimum absolute atomic E-state index is 0.104. The molecule has 33 heavy (non-hydrogen) atoms. The maximum absolute atomic E-state index is 13.5. The number of unbranched alkanes of at least 4 members (excludes halogenated alkanes) is 2. The van der Waals surface area contributed by atoms with Crippen molar-refractivity contribution in [2.24, 2.45) is 5.92 Å². The summed E-state index contributed by atoms with van der Waals surface area (Å²) in [5.74, 6) is -0.104. The Bertz CT molecular complexity index is 1060. The van der Waals surface area contributed by atoms with Gasteiger partial charge >= 0.3 is 0 Å². The third kappa shape index (κ3) is 6.61. The molecular weight excluding hydrogens is 450 g/mol. The summed E-state index contributed by atoms with van der Waals surface area (Å²) in [6, 6.07) is 17.1. The molecule has 2 aromatic rings. The SMILES string of the molecule is CCCCC(=C=C1CN(S(=O)(=O)c2ccc(C)cc2)C[C@H]1[C@@H](Cl)c1ccccc1)CCCC. The Balaban J connectivity index is 2.01. The molecule has 1 saturated heterocycles. The number of aryl methyl sites for hydroxylation is 1. The molecule has 0 aliphatic carbocycles. The number of halogens is 1. The van der Waals surface area contributed by atoms with Gasteiger partial charge in [0.15, 0.2) is 0 Å². The van der Waals surface area contributed by atoms with Crippen molar-refractivity contribution in [1.29, 1.82) is 0 Å². The molecule has 2 atom stereocenters. The fourth-order valence-electron chi connectivity index (χ4n) is 4.27. The van der Waals surface area contributed by atoms with Crippen LogP contribution in [0.1, 0.15) is 68.9 Å². The standard InChI is InChI=1S/C28H36ClNO2S/c1-4-6-11-23(12-7-5-2)19-25-20-30(33(31,32)26-17-15-22(3)16-18-26)21-27(25)28(29)24-13-9-8-10-14-24/h8-10,13-18,27-28H,4-7,11-12,20-21H2,1-3H3/t27-,28+/m1/s1. The quantitative estimate of drug-likeness (QED) is 0.259. The number of hydrogen-bond donors (Lipinski definition) is 0. The summed E-state index contributed by atoms with van der Waals surface area (Å²) >= 11 is 6.99. The van der Waals surface area contributed by atoms with E-state index in [1.165, 1.54) is 5.57 Å². The van der Waals surface area contributed by atoms with Crippen LogP contribution in [0.15, 0.2) is 76.4 Å². The van der Waals surface area contributed by atoms with Gasteiger partial charge in [-0.3, -0.25) is 0 Å². The van der Waals surface area contributed by atoms with Crippen molar-refractivity contribution in [3.8, 4) is 0 Å². The van der Waals surface area contributed by atoms with Gasteiger partial charge in [-0.1, -0.05) is 74.7 Å². The van der Waals surface area contributed by atoms with Crippen LogP contribution in [0.2, 0.25) is 0 Å². The summed E-state index contributed by atoms with van der Waals surface area (Å²) < 4.78 is 28.5. The highest BCUT2D eigenvalue weighted by molar-refractivity contribution is 7.89. The topological polar surface area (TPSA) is 37.4 Å². The van der Waals surface area contributed by atoms with Gasteiger partial charge < -0.3 is 0 Å². The minimum Gasteiger partial charge on any atom is -0.207 e. The predicted octanol–water partition coefficient (Wildman–Crippen LogP) is 7.43. The summed E-state index contributed by atoms with van der Waals surface area (Å²) in [5, 5.41) is -0.300. The van der Waals surface area contributed by atoms with Crippen LogP contribution in [0.5, 0.6) is 0 Å². The zero-order valence-electron chi connectivity index (χ0n) is 20.1. The lowest BCUT2D eigenvalue weighted by Gasteiger charge is -2.19. The van der Waals surface area contributed by atoms with Gasteiger partial charge in [0.2, 0.25) is 10.0 Å². The fourth-order valence-corrected chi connectivity index (χ4v) is 6.09. The van der Waals surface area contributed by atoms with Crippen molar-refractivity contribution in [1.82, 2.24) is 4.31 Å². The minimum atomic E-state index is -3.60. The van der Waals surface area contributed by atoms with Crippen LogP contribution in [0, 0.1) is 12.8 Å². The Morgan fingerprint density at radius 2 is 1.64 bits per heavy atom. The molecule has 0 N–H and O–H groups in total. The fraction of sp³-hybridized carbons (Fsp3) is 0.464. The molecule has 0 radical (unpaired) electrons. The predicted molar refractivity (Wildman–Crippen MR) is 138 cm³/mol. The molecule has 5 heteroatoms. The van der Waals surface area contributed by atoms with Gasteiger partial charge in [-0.05, 0) is 61.4 Å². The van der Waals surface area contributed by atoms with Gasteiger partial charge in [-0.25, -0.2) is 8.42 Å². The third-order valence-corrected chi connectivity index (χ3v) is 8.71. The van der Waals surface area contributed by atoms with Crippen LogP contribution in [-0.4, -0.2) is 25.8 Å². The van der Waals surface area contributed by atoms with Crippen LogP contribution < -0.4 is 0 Å². The first kappa shape index (κ1) is 25.8. The smallest absolute Gasteiger partial charge is 0.207 e. The molecule has 3 rings (SSSR count). The number of rotatable bonds is 10. The van der Waals surface area contributed by atoms with Crippen molar-refractivity contribution < 1.29 is 8.42 Å². The molecule has 178 valence electrons. The van der Waals surface area contributed by atoms with E-state index in [2.05, 4.69) is 19.6 Å². The van der Waals surface area contributed by atoms with E-state index in [0.29, 0.717) is 18.0 Å². The molecule has 2 aromatic carbocycles. The Labute approximate surface area is 205 Å². The van der Waals surface area contributed by atoms with Crippen molar-refractivity contribution in [3.63, 3.8) is 0 Å². The van der Waals surface area contributed by atoms with Gasteiger partial charge in [-0.15, -0.1) is 17.3 Å². The summed E-state index contributed by atoms with van der Waals surface area (Å²) in [6.45, 7) is 7.07. The average molecular weight is 486 g/mol. The van der Waals surface area contributed by atoms with Gasteiger partial charge in [0.1, 0.15) is 0 Å². The molecule has 1 fully saturated rings. The highest BCUT2D eigenvalue weighted by Gasteiger charge is 2.39. The monoisotopic (exact) mass is 485 g/mol. The Hall–Kier alpha value is -1.84. The molecule has 1 heterocycles. The molecule has 0 aromatic heterocycles. The van der Waals surface area contributed by atoms with Crippen LogP contribution >= 0.6 is 11.6 Å². The summed E-state index contributed by atoms with van der Waals surface area (Å²) in [5.41, 5.74) is 8.05. The molecule has 1 aliphatic heterocycles. The van der Waals surface area contributed by atoms with Crippen molar-refractivity contribution in [3.05, 3.63) is 82.6 Å². The van der Waals surface area contributed by atoms with Crippen molar-refractivity contribution in [2.45, 2.75) is 69.6 Å². The first-order valence-corrected chi connectivity index (χ1v) is 14.0. The van der Waals surface area contributed by atoms with Crippen molar-refractivity contribution in [2.75, 3.05) is 13.1 Å². The van der Waals surface area contributed by atoms with E-state index < -0.39 is 10.0 Å². The van der Waals surface area contributed by atoms with E-state index in [9.17, 15) is 8.42 Å². The lowest BCUT2D eigenvalue weighted by Crippen LogP contribution is -2.29. The second kappa shape index (κ2) is 12.0. The first-order valence-electron chi connectivity index (χ1n) is 12.1. The average Bonchev–Trinajstić information content (AvgIpc) is 3.25. The van der Waals surface area contributed by atoms with Gasteiger partial charge in [-0.2, -0.15) is 4.31 Å². The van der Waals surface area contributed by atoms with Crippen LogP contribution in [0.3, 0.4) is 0 Å². The summed E-state index contributed by atoms with van der Waals surface area (Å²) in [4.78, 5) is 0.333. The van der Waals surface area contributed by atoms with Crippen molar-refractivity contribution >= 4 is 21.6 Å². The Morgan fingerprint density at radius 3 is 2.21 bits per heavy atom. The van der Waals surface area contributed by atoms with E-state index in [1.54, 1.807) is 16.4 Å². The molecule has 0 unspecified atom stereocenters. The largest absolute Gasteiger partial charge is 0.243 e. The molecule has 0 bridgehead atoms. The maximum atomic E-state index is 13.5. The van der Waals surface area contributed by atoms with Crippen LogP contribution in [0.25, 0.3) is 0 Å². The van der Waals surface area contributed by atoms with Gasteiger partial charge in [0, 0.05) is 19.0 Å². The Kier molecular flexibility index (Phi) is 9.40.